The van der Waals surface area contributed by atoms with Crippen molar-refractivity contribution in [2.24, 2.45) is 175 Å². The SMILES string of the molecule is [2H]C([2H])(C)C12CC3CC(CC(C3)C1)C2.[2H]C([2H])(C)C1CC2CC(C2)C1.[2H]C([2H])(C)C1CC2CCC1C2.[2H]C([2H])(C)C1CCC(C)(C(F)(F)F)CC1.[2H]C([2H])(C)C1CCC(C)(C)CC1.[2H]C([2H])(C)C1CCC(C)CC1.[2H]C([2H])(C)C1CCC(C)CC1.[2H]C([2H])(C)C1CCCCC1.[2H]C1(C)CC2CC(C2)C1.[2H]C1(C)CCC(C)(C(F)(F)F)CC1.[2H][C@@]1(C)CC2CCC1C2.[2H][C@@]1(C)CC2CCC1CC2. The smallest absolute Gasteiger partial charge is 0.171 e. The molecular formula is C110H200F6. The third kappa shape index (κ3) is 32.8. The summed E-state index contributed by atoms with van der Waals surface area (Å²) in [5, 5.41) is 0. The van der Waals surface area contributed by atoms with E-state index in [9.17, 15) is 26.3 Å². The van der Waals surface area contributed by atoms with Crippen molar-refractivity contribution in [1.29, 1.82) is 0 Å². The second-order valence-corrected chi connectivity index (χ2v) is 44.9. The number of fused-ring (bicyclic) bond motifs is 11. The molecule has 6 heteroatoms. The number of alkyl halides is 6. The van der Waals surface area contributed by atoms with Gasteiger partial charge in [-0.05, 0) is 389 Å². The third-order valence-corrected chi connectivity index (χ3v) is 34.9. The Labute approximate surface area is 748 Å². The summed E-state index contributed by atoms with van der Waals surface area (Å²) in [6.07, 6.45) is 40.4. The highest BCUT2D eigenvalue weighted by Crippen LogP contribution is 2.62. The molecular weight excluding hydrogens is 1440 g/mol. The molecule has 23 rings (SSSR count). The van der Waals surface area contributed by atoms with E-state index in [2.05, 4.69) is 48.5 Å². The Bertz CT molecular complexity index is 3370. The molecule has 0 amide bonds. The molecule has 5 unspecified atom stereocenters. The minimum atomic E-state index is -4.15. The van der Waals surface area contributed by atoms with Gasteiger partial charge in [0.05, 0.1) is 10.8 Å². The lowest BCUT2D eigenvalue weighted by atomic mass is 9.49. The average molecular weight is 1660 g/mol. The summed E-state index contributed by atoms with van der Waals surface area (Å²) in [5.41, 5.74) is -2.62. The van der Waals surface area contributed by atoms with Gasteiger partial charge in [-0.15, -0.1) is 0 Å². The molecule has 23 saturated carbocycles. The van der Waals surface area contributed by atoms with Gasteiger partial charge in [-0.2, -0.15) is 26.3 Å². The van der Waals surface area contributed by atoms with E-state index < -0.39 is 80.1 Å². The van der Waals surface area contributed by atoms with Crippen LogP contribution in [0.1, 0.15) is 537 Å². The van der Waals surface area contributed by atoms with Gasteiger partial charge in [-0.1, -0.05) is 285 Å². The van der Waals surface area contributed by atoms with Crippen LogP contribution in [0.4, 0.5) is 26.3 Å². The van der Waals surface area contributed by atoms with Crippen LogP contribution >= 0.6 is 0 Å². The van der Waals surface area contributed by atoms with E-state index in [1.54, 1.807) is 48.5 Å². The molecule has 0 aromatic rings. The van der Waals surface area contributed by atoms with Crippen molar-refractivity contribution in [3.8, 4) is 0 Å². The number of rotatable bonds is 8. The van der Waals surface area contributed by atoms with E-state index in [0.717, 1.165) is 159 Å². The van der Waals surface area contributed by atoms with Crippen LogP contribution < -0.4 is 0 Å². The van der Waals surface area contributed by atoms with Crippen molar-refractivity contribution in [3.63, 3.8) is 0 Å². The van der Waals surface area contributed by atoms with Gasteiger partial charge in [-0.25, -0.2) is 0 Å². The summed E-state index contributed by atoms with van der Waals surface area (Å²) in [6.45, 7) is 33.3. The molecule has 23 aliphatic carbocycles. The van der Waals surface area contributed by atoms with Crippen LogP contribution in [0, 0.1) is 175 Å². The van der Waals surface area contributed by atoms with E-state index in [-0.39, 0.29) is 54.7 Å². The molecule has 14 bridgehead atoms. The lowest BCUT2D eigenvalue weighted by Crippen LogP contribution is -2.45. The van der Waals surface area contributed by atoms with Crippen LogP contribution in [0.2, 0.25) is 0 Å². The first kappa shape index (κ1) is 74.6. The Morgan fingerprint density at radius 2 is 0.612 bits per heavy atom. The molecule has 0 radical (unpaired) electrons. The zero-order valence-corrected chi connectivity index (χ0v) is 78.7. The van der Waals surface area contributed by atoms with Gasteiger partial charge in [0.1, 0.15) is 0 Å². The van der Waals surface area contributed by atoms with Gasteiger partial charge in [0, 0.05) is 27.4 Å². The van der Waals surface area contributed by atoms with Crippen molar-refractivity contribution in [1.82, 2.24) is 0 Å². The molecule has 0 spiro atoms. The number of halogens is 6. The van der Waals surface area contributed by atoms with Gasteiger partial charge in [-0.3, -0.25) is 0 Å². The molecule has 7 atom stereocenters. The summed E-state index contributed by atoms with van der Waals surface area (Å²) in [6, 6.07) is 0. The summed E-state index contributed by atoms with van der Waals surface area (Å²) < 4.78 is 229. The topological polar surface area (TPSA) is 0 Å². The van der Waals surface area contributed by atoms with Crippen LogP contribution in [-0.4, -0.2) is 12.4 Å². The van der Waals surface area contributed by atoms with Gasteiger partial charge in [0.2, 0.25) is 0 Å². The maximum Gasteiger partial charge on any atom is 0.394 e. The van der Waals surface area contributed by atoms with Gasteiger partial charge in [0.25, 0.3) is 0 Å². The van der Waals surface area contributed by atoms with E-state index in [0.29, 0.717) is 66.6 Å². The minimum Gasteiger partial charge on any atom is -0.171 e. The van der Waals surface area contributed by atoms with Crippen LogP contribution in [-0.2, 0) is 0 Å². The Hall–Kier alpha value is -0.420. The second kappa shape index (κ2) is 49.1. The Morgan fingerprint density at radius 3 is 0.879 bits per heavy atom. The molecule has 116 heavy (non-hydrogen) atoms. The molecule has 0 nitrogen and oxygen atoms in total. The van der Waals surface area contributed by atoms with Crippen molar-refractivity contribution < 1.29 is 53.8 Å². The van der Waals surface area contributed by atoms with Crippen LogP contribution in [0.25, 0.3) is 0 Å². The predicted octanol–water partition coefficient (Wildman–Crippen LogP) is 38.0. The Kier molecular flexibility index (Phi) is 31.6. The molecule has 0 saturated heterocycles. The lowest BCUT2D eigenvalue weighted by Gasteiger charge is -2.56. The molecule has 0 aliphatic heterocycles. The third-order valence-electron chi connectivity index (χ3n) is 34.9. The second-order valence-electron chi connectivity index (χ2n) is 44.9. The highest BCUT2D eigenvalue weighted by atomic mass is 19.4. The maximum atomic E-state index is 12.7. The van der Waals surface area contributed by atoms with Crippen LogP contribution in [0.5, 0.6) is 0 Å². The highest BCUT2D eigenvalue weighted by Gasteiger charge is 2.54. The first-order valence-corrected chi connectivity index (χ1v) is 49.9. The summed E-state index contributed by atoms with van der Waals surface area (Å²) in [7, 11) is 0. The molecule has 0 N–H and O–H groups in total. The van der Waals surface area contributed by atoms with E-state index in [4.69, 9.17) is 27.4 Å². The first-order valence-electron chi connectivity index (χ1n) is 59.9. The fourth-order valence-corrected chi connectivity index (χ4v) is 26.0. The van der Waals surface area contributed by atoms with E-state index in [1.807, 2.05) is 6.92 Å². The fraction of sp³-hybridized carbons (Fsp3) is 1.00. The first-order chi connectivity index (χ1) is 61.8. The largest absolute Gasteiger partial charge is 0.394 e. The number of hydrogen-bond donors (Lipinski definition) is 0. The zero-order chi connectivity index (χ0) is 102. The lowest BCUT2D eigenvalue weighted by molar-refractivity contribution is -0.230. The van der Waals surface area contributed by atoms with Gasteiger partial charge < -0.3 is 0 Å². The van der Waals surface area contributed by atoms with Gasteiger partial charge >= 0.3 is 12.4 Å². The Morgan fingerprint density at radius 1 is 0.276 bits per heavy atom. The molecule has 23 aliphatic rings. The maximum absolute atomic E-state index is 12.7. The molecule has 0 heterocycles. The van der Waals surface area contributed by atoms with Crippen molar-refractivity contribution in [2.45, 2.75) is 522 Å². The van der Waals surface area contributed by atoms with Crippen molar-refractivity contribution in [3.05, 3.63) is 0 Å². The van der Waals surface area contributed by atoms with E-state index >= 15 is 0 Å². The number of hydrogen-bond acceptors (Lipinski definition) is 0. The van der Waals surface area contributed by atoms with Crippen molar-refractivity contribution in [2.75, 3.05) is 0 Å². The predicted molar refractivity (Wildman–Crippen MR) is 492 cm³/mol. The molecule has 0 aromatic carbocycles. The molecule has 23 fully saturated rings. The average Bonchev–Trinajstić information content (AvgIpc) is 1.56. The standard InChI is InChI=1S/C12H20.C10H17F3.C10H20.C9H15F3.3C9H16.2C9H18.2C8H14.C8H16/c1-2-12-6-9-3-10(7-12)5-11(4-9)8-12;1-3-8-4-6-9(2,7-5-8)10(11,12)13;1-4-9-5-7-10(2,3)8-6-9;1-7-3-5-8(2,6-4-7)9(10,11)12;1-7-6-8-2-4-9(7)5-3-8;1-2-7-3-8-5-9(4-7)6-8;1-2-8-5-7-3-4-9(8)6-7;2*1-3-9-6-4-8(2)5-7-9;1-6-2-7-4-8(3-6)5-7;1-6-4-7-2-3-8(6)5-7;1-2-8-6-4-3-5-7-8/h9-11H,2-8H2,1H3;8H,3-7H2,1-2H3;9H,4-8H2,1-3H3;7H,3-6H2,1-2H3;3*7-9H,2-6H2,1H3;2*8-9H,3-7H2,1-2H3;2*6-8H,2-5H2,1H3;8H,2-7H2,1H3/t;;;;7-,8?,9?;;;;;;6-,7?,8?;/m....1.....1./s1/i2D2;3D2;4D2;2*7D;2*2D2;2*3D2;2*6D;2D2. The normalized spacial score (nSPS) is 48.2. The minimum absolute atomic E-state index is 0.0388. The summed E-state index contributed by atoms with van der Waals surface area (Å²) in [4.78, 5) is 0. The summed E-state index contributed by atoms with van der Waals surface area (Å²) >= 11 is 0. The summed E-state index contributed by atoms with van der Waals surface area (Å²) in [5.74, 6) is 13.8. The quantitative estimate of drug-likeness (QED) is 0.213. The monoisotopic (exact) mass is 1660 g/mol. The van der Waals surface area contributed by atoms with E-state index in [1.165, 1.54) is 233 Å². The fourth-order valence-electron chi connectivity index (χ4n) is 26.0. The molecule has 0 aromatic heterocycles. The van der Waals surface area contributed by atoms with Gasteiger partial charge in [0.15, 0.2) is 0 Å². The molecule has 682 valence electrons. The zero-order valence-electron chi connectivity index (χ0n) is 98.7. The van der Waals surface area contributed by atoms with Crippen LogP contribution in [0.15, 0.2) is 0 Å². The van der Waals surface area contributed by atoms with Crippen molar-refractivity contribution >= 4 is 0 Å². The Balaban J connectivity index is 0.000000183. The highest BCUT2D eigenvalue weighted by molar-refractivity contribution is 5.01. The van der Waals surface area contributed by atoms with Crippen LogP contribution in [0.3, 0.4) is 0 Å².